The van der Waals surface area contributed by atoms with Crippen LogP contribution < -0.4 is 22.0 Å². The molecule has 0 fully saturated rings. The van der Waals surface area contributed by atoms with Crippen molar-refractivity contribution < 1.29 is 0 Å². The monoisotopic (exact) mass is 535 g/mol. The lowest BCUT2D eigenvalue weighted by Gasteiger charge is -2.17. The van der Waals surface area contributed by atoms with Crippen molar-refractivity contribution in [3.8, 4) is 12.1 Å². The summed E-state index contributed by atoms with van der Waals surface area (Å²) in [5.74, 6) is 0. The number of hydrogen-bond donors (Lipinski definition) is 0. The van der Waals surface area contributed by atoms with Gasteiger partial charge in [0.05, 0.1) is 10.8 Å². The molecule has 0 bridgehead atoms. The number of allylic oxidation sites excluding steroid dienone is 1. The summed E-state index contributed by atoms with van der Waals surface area (Å²) in [6.07, 6.45) is 11.2. The van der Waals surface area contributed by atoms with E-state index in [1.807, 2.05) is 0 Å². The minimum Gasteiger partial charge on any atom is -0.289 e. The fourth-order valence-corrected chi connectivity index (χ4v) is 5.61. The van der Waals surface area contributed by atoms with Crippen molar-refractivity contribution in [3.63, 3.8) is 0 Å². The average molecular weight is 536 g/mol. The standard InChI is InChI=1S/C33H33N3O4/c1-3-5-7-9-11-23(12-10-8-6-4-2)36-32(39)28-17-26-27(18-29(28)33(36)40)31(38)25-16-21(15-22(19-34)20-35)13-14-24(25)30(26)37/h13-18,23H,3-12H2,1-2H3. The molecule has 204 valence electrons. The molecule has 0 saturated heterocycles. The number of nitrogens with zero attached hydrogens (tertiary/aromatic N) is 3. The maximum absolute atomic E-state index is 13.6. The van der Waals surface area contributed by atoms with Crippen LogP contribution in [0.2, 0.25) is 0 Å². The smallest absolute Gasteiger partial charge is 0.261 e. The molecule has 0 saturated carbocycles. The molecule has 4 rings (SSSR count). The van der Waals surface area contributed by atoms with Gasteiger partial charge in [0, 0.05) is 27.6 Å². The van der Waals surface area contributed by atoms with Crippen LogP contribution in [0.25, 0.3) is 38.4 Å². The van der Waals surface area contributed by atoms with E-state index in [-0.39, 0.29) is 43.9 Å². The summed E-state index contributed by atoms with van der Waals surface area (Å²) in [6, 6.07) is 10.7. The van der Waals surface area contributed by atoms with Crippen LogP contribution in [-0.4, -0.2) is 4.57 Å². The van der Waals surface area contributed by atoms with E-state index in [4.69, 9.17) is 10.5 Å². The molecule has 0 aliphatic rings. The number of aromatic nitrogens is 1. The van der Waals surface area contributed by atoms with Crippen molar-refractivity contribution in [2.45, 2.75) is 84.1 Å². The van der Waals surface area contributed by atoms with Crippen LogP contribution in [0.4, 0.5) is 0 Å². The molecular formula is C33H33N3O4. The van der Waals surface area contributed by atoms with Crippen LogP contribution >= 0.6 is 0 Å². The van der Waals surface area contributed by atoms with Gasteiger partial charge in [-0.25, -0.2) is 0 Å². The Balaban J connectivity index is 1.89. The quantitative estimate of drug-likeness (QED) is 0.121. The van der Waals surface area contributed by atoms with Crippen LogP contribution in [0.15, 0.2) is 55.1 Å². The Kier molecular flexibility index (Phi) is 9.07. The van der Waals surface area contributed by atoms with Crippen molar-refractivity contribution in [1.82, 2.24) is 4.57 Å². The Morgan fingerprint density at radius 1 is 0.700 bits per heavy atom. The number of fused-ring (bicyclic) bond motifs is 3. The second-order valence-electron chi connectivity index (χ2n) is 10.5. The van der Waals surface area contributed by atoms with E-state index in [2.05, 4.69) is 13.8 Å². The summed E-state index contributed by atoms with van der Waals surface area (Å²) < 4.78 is 1.37. The highest BCUT2D eigenvalue weighted by Crippen LogP contribution is 2.24. The van der Waals surface area contributed by atoms with Crippen LogP contribution in [0, 0.1) is 22.7 Å². The number of hydrogen-bond acceptors (Lipinski definition) is 6. The number of nitriles is 2. The van der Waals surface area contributed by atoms with Gasteiger partial charge >= 0.3 is 0 Å². The third kappa shape index (κ3) is 5.51. The van der Waals surface area contributed by atoms with Crippen molar-refractivity contribution in [3.05, 3.63) is 82.6 Å². The fraction of sp³-hybridized carbons (Fsp3) is 0.394. The lowest BCUT2D eigenvalue weighted by Crippen LogP contribution is -2.30. The largest absolute Gasteiger partial charge is 0.289 e. The van der Waals surface area contributed by atoms with Gasteiger partial charge in [-0.15, -0.1) is 0 Å². The molecule has 7 heteroatoms. The first-order valence-electron chi connectivity index (χ1n) is 14.2. The molecule has 0 radical (unpaired) electrons. The van der Waals surface area contributed by atoms with E-state index < -0.39 is 22.0 Å². The SMILES string of the molecule is CCCCCCC(CCCCCC)n1c(=O)c2cc3c(=O)c4ccc(C=C(C#N)C#N)cc4c(=O)c3cc2c1=O. The topological polar surface area (TPSA) is 121 Å². The third-order valence-electron chi connectivity index (χ3n) is 7.78. The maximum atomic E-state index is 13.6. The molecule has 3 aromatic carbocycles. The van der Waals surface area contributed by atoms with Crippen LogP contribution in [0.5, 0.6) is 0 Å². The summed E-state index contributed by atoms with van der Waals surface area (Å²) in [4.78, 5) is 54.2. The average Bonchev–Trinajstić information content (AvgIpc) is 3.21. The summed E-state index contributed by atoms with van der Waals surface area (Å²) >= 11 is 0. The molecule has 4 aromatic rings. The molecule has 7 nitrogen and oxygen atoms in total. The predicted molar refractivity (Wildman–Crippen MR) is 160 cm³/mol. The number of benzene rings is 3. The molecule has 0 aliphatic heterocycles. The van der Waals surface area contributed by atoms with Gasteiger partial charge in [-0.2, -0.15) is 10.5 Å². The van der Waals surface area contributed by atoms with Crippen molar-refractivity contribution >= 4 is 38.4 Å². The Bertz CT molecular complexity index is 1870. The zero-order chi connectivity index (χ0) is 28.8. The van der Waals surface area contributed by atoms with Crippen LogP contribution in [-0.2, 0) is 0 Å². The van der Waals surface area contributed by atoms with E-state index in [0.717, 1.165) is 64.2 Å². The first-order valence-corrected chi connectivity index (χ1v) is 14.2. The predicted octanol–water partition coefficient (Wildman–Crippen LogP) is 6.18. The van der Waals surface area contributed by atoms with Gasteiger partial charge < -0.3 is 0 Å². The molecule has 1 heterocycles. The summed E-state index contributed by atoms with van der Waals surface area (Å²) in [6.45, 7) is 4.28. The minimum atomic E-state index is -0.438. The number of rotatable bonds is 12. The number of unbranched alkanes of at least 4 members (excludes halogenated alkanes) is 6. The highest BCUT2D eigenvalue weighted by Gasteiger charge is 2.22. The fourth-order valence-electron chi connectivity index (χ4n) is 5.61. The molecule has 0 amide bonds. The summed E-state index contributed by atoms with van der Waals surface area (Å²) in [5, 5.41) is 19.0. The van der Waals surface area contributed by atoms with Gasteiger partial charge in [-0.05, 0) is 48.7 Å². The van der Waals surface area contributed by atoms with Crippen molar-refractivity contribution in [2.75, 3.05) is 0 Å². The van der Waals surface area contributed by atoms with Gasteiger partial charge in [0.2, 0.25) is 0 Å². The van der Waals surface area contributed by atoms with E-state index >= 15 is 0 Å². The van der Waals surface area contributed by atoms with Gasteiger partial charge in [0.25, 0.3) is 11.1 Å². The molecule has 1 aromatic heterocycles. The van der Waals surface area contributed by atoms with Crippen LogP contribution in [0.1, 0.15) is 89.7 Å². The van der Waals surface area contributed by atoms with Gasteiger partial charge in [-0.3, -0.25) is 23.7 Å². The third-order valence-corrected chi connectivity index (χ3v) is 7.78. The normalized spacial score (nSPS) is 11.3. The second kappa shape index (κ2) is 12.7. The summed E-state index contributed by atoms with van der Waals surface area (Å²) in [7, 11) is 0. The Morgan fingerprint density at radius 2 is 1.20 bits per heavy atom. The highest BCUT2D eigenvalue weighted by molar-refractivity contribution is 6.04. The Morgan fingerprint density at radius 3 is 1.70 bits per heavy atom. The van der Waals surface area contributed by atoms with E-state index in [1.54, 1.807) is 18.2 Å². The first kappa shape index (κ1) is 28.6. The minimum absolute atomic E-state index is 0.0867. The van der Waals surface area contributed by atoms with Gasteiger partial charge in [0.15, 0.2) is 10.9 Å². The molecule has 0 N–H and O–H groups in total. The van der Waals surface area contributed by atoms with Gasteiger partial charge in [0.1, 0.15) is 17.7 Å². The lowest BCUT2D eigenvalue weighted by molar-refractivity contribution is 0.386. The van der Waals surface area contributed by atoms with Crippen molar-refractivity contribution in [1.29, 1.82) is 10.5 Å². The molecule has 0 unspecified atom stereocenters. The highest BCUT2D eigenvalue weighted by atomic mass is 16.2. The first-order chi connectivity index (χ1) is 19.4. The molecular weight excluding hydrogens is 502 g/mol. The molecule has 0 atom stereocenters. The second-order valence-corrected chi connectivity index (χ2v) is 10.5. The van der Waals surface area contributed by atoms with E-state index in [0.29, 0.717) is 5.56 Å². The molecule has 0 spiro atoms. The Labute approximate surface area is 232 Å². The lowest BCUT2D eigenvalue weighted by atomic mass is 9.98. The zero-order valence-corrected chi connectivity index (χ0v) is 23.1. The van der Waals surface area contributed by atoms with E-state index in [9.17, 15) is 19.2 Å². The summed E-state index contributed by atoms with van der Waals surface area (Å²) in [5.41, 5.74) is -1.34. The molecule has 0 aliphatic carbocycles. The Hall–Kier alpha value is -4.36. The van der Waals surface area contributed by atoms with Gasteiger partial charge in [-0.1, -0.05) is 71.3 Å². The zero-order valence-electron chi connectivity index (χ0n) is 23.1. The van der Waals surface area contributed by atoms with Crippen molar-refractivity contribution in [2.24, 2.45) is 0 Å². The van der Waals surface area contributed by atoms with Crippen LogP contribution in [0.3, 0.4) is 0 Å². The molecule has 40 heavy (non-hydrogen) atoms. The maximum Gasteiger partial charge on any atom is 0.261 e. The van der Waals surface area contributed by atoms with E-state index in [1.165, 1.54) is 34.9 Å².